The second-order valence-corrected chi connectivity index (χ2v) is 7.28. The summed E-state index contributed by atoms with van der Waals surface area (Å²) in [5.41, 5.74) is 1.42. The first-order valence-electron chi connectivity index (χ1n) is 6.88. The largest absolute Gasteiger partial charge is 0.411 e. The molecule has 3 aromatic rings. The van der Waals surface area contributed by atoms with Gasteiger partial charge in [-0.1, -0.05) is 35.5 Å². The number of halogens is 2. The second-order valence-electron chi connectivity index (χ2n) is 4.70. The van der Waals surface area contributed by atoms with Crippen LogP contribution in [0.5, 0.6) is 0 Å². The molecule has 1 amide bonds. The van der Waals surface area contributed by atoms with Crippen molar-refractivity contribution in [2.75, 3.05) is 11.1 Å². The monoisotopic (exact) mass is 471 g/mol. The molecule has 0 saturated carbocycles. The zero-order valence-electron chi connectivity index (χ0n) is 12.2. The standard InChI is InChI=1S/C16H11ClIN3O2S/c17-13-4-2-1-3-12(13)15-20-21-16(23-15)24-9-14(22)19-11-7-5-10(18)6-8-11/h1-8H,9H2,(H,19,22). The molecule has 1 aromatic heterocycles. The smallest absolute Gasteiger partial charge is 0.277 e. The van der Waals surface area contributed by atoms with E-state index in [2.05, 4.69) is 38.1 Å². The maximum Gasteiger partial charge on any atom is 0.277 e. The fourth-order valence-electron chi connectivity index (χ4n) is 1.87. The molecule has 8 heteroatoms. The summed E-state index contributed by atoms with van der Waals surface area (Å²) in [6, 6.07) is 14.8. The van der Waals surface area contributed by atoms with Gasteiger partial charge in [-0.3, -0.25) is 4.79 Å². The number of carbonyl (C=O) groups excluding carboxylic acids is 1. The van der Waals surface area contributed by atoms with Crippen molar-refractivity contribution < 1.29 is 9.21 Å². The number of nitrogens with one attached hydrogen (secondary N) is 1. The van der Waals surface area contributed by atoms with E-state index in [0.29, 0.717) is 21.7 Å². The van der Waals surface area contributed by atoms with Crippen molar-refractivity contribution in [3.8, 4) is 11.5 Å². The molecule has 0 atom stereocenters. The van der Waals surface area contributed by atoms with Gasteiger partial charge in [0.25, 0.3) is 5.22 Å². The van der Waals surface area contributed by atoms with Crippen molar-refractivity contribution in [1.82, 2.24) is 10.2 Å². The summed E-state index contributed by atoms with van der Waals surface area (Å²) < 4.78 is 6.65. The number of amides is 1. The lowest BCUT2D eigenvalue weighted by Gasteiger charge is -2.03. The van der Waals surface area contributed by atoms with Crippen LogP contribution in [-0.4, -0.2) is 21.9 Å². The lowest BCUT2D eigenvalue weighted by molar-refractivity contribution is -0.113. The Morgan fingerprint density at radius 1 is 1.17 bits per heavy atom. The Morgan fingerprint density at radius 3 is 2.67 bits per heavy atom. The third-order valence-electron chi connectivity index (χ3n) is 2.97. The summed E-state index contributed by atoms with van der Waals surface area (Å²) in [7, 11) is 0. The summed E-state index contributed by atoms with van der Waals surface area (Å²) in [6.07, 6.45) is 0. The summed E-state index contributed by atoms with van der Waals surface area (Å²) >= 11 is 9.48. The molecule has 0 fully saturated rings. The van der Waals surface area contributed by atoms with Crippen LogP contribution in [0.25, 0.3) is 11.5 Å². The molecule has 0 bridgehead atoms. The van der Waals surface area contributed by atoms with Crippen LogP contribution in [0.3, 0.4) is 0 Å². The van der Waals surface area contributed by atoms with E-state index in [1.807, 2.05) is 36.4 Å². The number of thioether (sulfide) groups is 1. The van der Waals surface area contributed by atoms with Gasteiger partial charge in [0.1, 0.15) is 0 Å². The van der Waals surface area contributed by atoms with Gasteiger partial charge in [0, 0.05) is 9.26 Å². The van der Waals surface area contributed by atoms with Crippen LogP contribution in [0.1, 0.15) is 0 Å². The normalized spacial score (nSPS) is 10.6. The van der Waals surface area contributed by atoms with Crippen LogP contribution >= 0.6 is 46.0 Å². The maximum absolute atomic E-state index is 12.0. The van der Waals surface area contributed by atoms with Crippen LogP contribution in [-0.2, 0) is 4.79 Å². The molecular weight excluding hydrogens is 461 g/mol. The van der Waals surface area contributed by atoms with E-state index in [9.17, 15) is 4.79 Å². The molecule has 3 rings (SSSR count). The Morgan fingerprint density at radius 2 is 1.92 bits per heavy atom. The van der Waals surface area contributed by atoms with E-state index >= 15 is 0 Å². The van der Waals surface area contributed by atoms with Gasteiger partial charge in [0.2, 0.25) is 11.8 Å². The Hall–Kier alpha value is -1.58. The Balaban J connectivity index is 1.58. The fourth-order valence-corrected chi connectivity index (χ4v) is 3.01. The minimum atomic E-state index is -0.140. The zero-order chi connectivity index (χ0) is 16.9. The Labute approximate surface area is 161 Å². The molecule has 24 heavy (non-hydrogen) atoms. The number of benzene rings is 2. The number of hydrogen-bond donors (Lipinski definition) is 1. The highest BCUT2D eigenvalue weighted by Crippen LogP contribution is 2.28. The van der Waals surface area contributed by atoms with E-state index in [1.54, 1.807) is 12.1 Å². The Kier molecular flexibility index (Phi) is 5.75. The van der Waals surface area contributed by atoms with Crippen molar-refractivity contribution in [2.24, 2.45) is 0 Å². The second kappa shape index (κ2) is 8.00. The minimum absolute atomic E-state index is 0.140. The fraction of sp³-hybridized carbons (Fsp3) is 0.0625. The maximum atomic E-state index is 12.0. The molecule has 0 aliphatic rings. The first-order valence-corrected chi connectivity index (χ1v) is 9.32. The van der Waals surface area contributed by atoms with E-state index < -0.39 is 0 Å². The van der Waals surface area contributed by atoms with Crippen LogP contribution < -0.4 is 5.32 Å². The van der Waals surface area contributed by atoms with Gasteiger partial charge in [-0.05, 0) is 59.0 Å². The molecular formula is C16H11ClIN3O2S. The van der Waals surface area contributed by atoms with E-state index in [0.717, 1.165) is 9.26 Å². The van der Waals surface area contributed by atoms with E-state index in [-0.39, 0.29) is 11.7 Å². The molecule has 0 aliphatic carbocycles. The van der Waals surface area contributed by atoms with Gasteiger partial charge in [0.15, 0.2) is 0 Å². The van der Waals surface area contributed by atoms with Gasteiger partial charge in [-0.25, -0.2) is 0 Å². The first-order chi connectivity index (χ1) is 11.6. The molecule has 0 saturated heterocycles. The number of rotatable bonds is 5. The van der Waals surface area contributed by atoms with Gasteiger partial charge in [-0.15, -0.1) is 10.2 Å². The van der Waals surface area contributed by atoms with Crippen molar-refractivity contribution in [3.63, 3.8) is 0 Å². The molecule has 122 valence electrons. The predicted molar refractivity (Wildman–Crippen MR) is 103 cm³/mol. The number of carbonyl (C=O) groups is 1. The highest BCUT2D eigenvalue weighted by Gasteiger charge is 2.13. The molecule has 1 N–H and O–H groups in total. The zero-order valence-corrected chi connectivity index (χ0v) is 15.9. The number of anilines is 1. The average molecular weight is 472 g/mol. The summed E-state index contributed by atoms with van der Waals surface area (Å²) in [5.74, 6) is 0.371. The van der Waals surface area contributed by atoms with Crippen molar-refractivity contribution in [2.45, 2.75) is 5.22 Å². The minimum Gasteiger partial charge on any atom is -0.411 e. The van der Waals surface area contributed by atoms with Gasteiger partial charge in [-0.2, -0.15) is 0 Å². The molecule has 0 unspecified atom stereocenters. The third-order valence-corrected chi connectivity index (χ3v) is 4.83. The van der Waals surface area contributed by atoms with Gasteiger partial charge in [0.05, 0.1) is 16.3 Å². The van der Waals surface area contributed by atoms with Crippen LogP contribution in [0.15, 0.2) is 58.2 Å². The molecule has 1 heterocycles. The Bertz CT molecular complexity index is 855. The number of aromatic nitrogens is 2. The predicted octanol–water partition coefficient (Wildman–Crippen LogP) is 4.73. The topological polar surface area (TPSA) is 68.0 Å². The lowest BCUT2D eigenvalue weighted by atomic mass is 10.2. The molecule has 0 spiro atoms. The molecule has 2 aromatic carbocycles. The summed E-state index contributed by atoms with van der Waals surface area (Å²) in [6.45, 7) is 0. The van der Waals surface area contributed by atoms with E-state index in [1.165, 1.54) is 11.8 Å². The number of nitrogens with zero attached hydrogens (tertiary/aromatic N) is 2. The van der Waals surface area contributed by atoms with E-state index in [4.69, 9.17) is 16.0 Å². The van der Waals surface area contributed by atoms with Crippen molar-refractivity contribution in [3.05, 3.63) is 57.1 Å². The van der Waals surface area contributed by atoms with Crippen molar-refractivity contribution in [1.29, 1.82) is 0 Å². The van der Waals surface area contributed by atoms with Crippen LogP contribution in [0.4, 0.5) is 5.69 Å². The molecule has 5 nitrogen and oxygen atoms in total. The van der Waals surface area contributed by atoms with Gasteiger partial charge >= 0.3 is 0 Å². The quantitative estimate of drug-likeness (QED) is 0.431. The summed E-state index contributed by atoms with van der Waals surface area (Å²) in [4.78, 5) is 12.0. The third kappa shape index (κ3) is 4.49. The number of hydrogen-bond acceptors (Lipinski definition) is 5. The van der Waals surface area contributed by atoms with Crippen LogP contribution in [0, 0.1) is 3.57 Å². The summed E-state index contributed by atoms with van der Waals surface area (Å²) in [5, 5.41) is 11.6. The first kappa shape index (κ1) is 17.2. The highest BCUT2D eigenvalue weighted by molar-refractivity contribution is 14.1. The van der Waals surface area contributed by atoms with Crippen LogP contribution in [0.2, 0.25) is 5.02 Å². The molecule has 0 radical (unpaired) electrons. The lowest BCUT2D eigenvalue weighted by Crippen LogP contribution is -2.13. The highest BCUT2D eigenvalue weighted by atomic mass is 127. The average Bonchev–Trinajstić information content (AvgIpc) is 3.04. The van der Waals surface area contributed by atoms with Crippen molar-refractivity contribution >= 4 is 57.5 Å². The van der Waals surface area contributed by atoms with Gasteiger partial charge < -0.3 is 9.73 Å². The SMILES string of the molecule is O=C(CSc1nnc(-c2ccccc2Cl)o1)Nc1ccc(I)cc1. The molecule has 0 aliphatic heterocycles.